The molecule has 2 atom stereocenters. The fourth-order valence-corrected chi connectivity index (χ4v) is 9.27. The minimum Gasteiger partial charge on any atom is -0.497 e. The summed E-state index contributed by atoms with van der Waals surface area (Å²) in [6.07, 6.45) is 3.39. The van der Waals surface area contributed by atoms with Crippen LogP contribution in [0.15, 0.2) is 72.8 Å². The van der Waals surface area contributed by atoms with Crippen LogP contribution in [0.5, 0.6) is 46.0 Å². The Bertz CT molecular complexity index is 2210. The monoisotopic (exact) mass is 726 g/mol. The van der Waals surface area contributed by atoms with E-state index >= 15 is 0 Å². The van der Waals surface area contributed by atoms with Gasteiger partial charge in [-0.15, -0.1) is 0 Å². The lowest BCUT2D eigenvalue weighted by Crippen LogP contribution is -2.15. The Morgan fingerprint density at radius 3 is 1.07 bits per heavy atom. The SMILES string of the molecule is COc1ccc(C2CCc3c(OC)ccc4c(-c5c(OC)c(OC)c6c7c(c(OC)ccc57)CCC6c5ccc(OC)cc5)c(OC)c(OC)c2c34)cc1. The van der Waals surface area contributed by atoms with Crippen LogP contribution in [0.1, 0.15) is 58.1 Å². The Morgan fingerprint density at radius 1 is 0.389 bits per heavy atom. The van der Waals surface area contributed by atoms with E-state index in [1.54, 1.807) is 56.9 Å². The van der Waals surface area contributed by atoms with Gasteiger partial charge in [0.1, 0.15) is 23.0 Å². The molecule has 2 aliphatic carbocycles. The highest BCUT2D eigenvalue weighted by molar-refractivity contribution is 6.16. The first-order chi connectivity index (χ1) is 26.5. The zero-order valence-corrected chi connectivity index (χ0v) is 32.2. The Morgan fingerprint density at radius 2 is 0.759 bits per heavy atom. The standard InChI is InChI=1S/C46H46O8/c1-47-27-13-9-25(10-14-27)29-17-19-31-35(49-3)23-21-33-37(31)39(29)43(51-5)45(53-7)41(33)42-34-22-24-36(50-4)32-20-18-30(26-11-15-28(48-2)16-12-26)40(38(32)34)44(52-6)46(42)54-8/h9-16,21-24,29-30H,17-20H2,1-8H3. The number of methoxy groups -OCH3 is 8. The summed E-state index contributed by atoms with van der Waals surface area (Å²) in [5.74, 6) is 6.05. The van der Waals surface area contributed by atoms with Gasteiger partial charge in [0.25, 0.3) is 0 Å². The van der Waals surface area contributed by atoms with Crippen molar-refractivity contribution in [3.05, 3.63) is 106 Å². The molecule has 0 bridgehead atoms. The van der Waals surface area contributed by atoms with Crippen LogP contribution in [-0.4, -0.2) is 56.9 Å². The summed E-state index contributed by atoms with van der Waals surface area (Å²) in [5.41, 5.74) is 8.54. The minimum absolute atomic E-state index is 0.0400. The molecule has 2 aliphatic rings. The molecule has 0 aromatic heterocycles. The number of aryl methyl sites for hydroxylation is 2. The Kier molecular flexibility index (Phi) is 9.30. The van der Waals surface area contributed by atoms with Gasteiger partial charge in [0.05, 0.1) is 56.9 Å². The van der Waals surface area contributed by atoms with Crippen LogP contribution in [0.3, 0.4) is 0 Å². The largest absolute Gasteiger partial charge is 0.497 e. The maximum absolute atomic E-state index is 6.48. The third kappa shape index (κ3) is 5.25. The lowest BCUT2D eigenvalue weighted by molar-refractivity contribution is 0.347. The molecule has 0 heterocycles. The molecule has 0 N–H and O–H groups in total. The summed E-state index contributed by atoms with van der Waals surface area (Å²) in [7, 11) is 13.7. The van der Waals surface area contributed by atoms with E-state index in [2.05, 4.69) is 48.5 Å². The van der Waals surface area contributed by atoms with Gasteiger partial charge < -0.3 is 37.9 Å². The van der Waals surface area contributed by atoms with Crippen LogP contribution in [0.2, 0.25) is 0 Å². The van der Waals surface area contributed by atoms with E-state index in [0.29, 0.717) is 23.0 Å². The van der Waals surface area contributed by atoms with E-state index in [4.69, 9.17) is 37.9 Å². The van der Waals surface area contributed by atoms with Crippen molar-refractivity contribution in [3.63, 3.8) is 0 Å². The summed E-state index contributed by atoms with van der Waals surface area (Å²) in [6, 6.07) is 25.1. The second-order valence-corrected chi connectivity index (χ2v) is 13.8. The lowest BCUT2D eigenvalue weighted by Gasteiger charge is -2.34. The van der Waals surface area contributed by atoms with Crippen LogP contribution in [0, 0.1) is 0 Å². The quantitative estimate of drug-likeness (QED) is 0.131. The zero-order valence-electron chi connectivity index (χ0n) is 32.2. The van der Waals surface area contributed by atoms with Crippen LogP contribution < -0.4 is 37.9 Å². The van der Waals surface area contributed by atoms with E-state index < -0.39 is 0 Å². The Balaban J connectivity index is 1.51. The van der Waals surface area contributed by atoms with E-state index in [-0.39, 0.29) is 11.8 Å². The molecule has 6 aromatic carbocycles. The van der Waals surface area contributed by atoms with Crippen molar-refractivity contribution in [1.29, 1.82) is 0 Å². The minimum atomic E-state index is 0.0400. The number of hydrogen-bond acceptors (Lipinski definition) is 8. The third-order valence-corrected chi connectivity index (χ3v) is 11.6. The highest BCUT2D eigenvalue weighted by Gasteiger charge is 2.38. The van der Waals surface area contributed by atoms with Crippen LogP contribution in [0.25, 0.3) is 32.7 Å². The smallest absolute Gasteiger partial charge is 0.169 e. The molecule has 0 radical (unpaired) electrons. The highest BCUT2D eigenvalue weighted by Crippen LogP contribution is 2.61. The first-order valence-corrected chi connectivity index (χ1v) is 18.3. The fraction of sp³-hybridized carbons (Fsp3) is 0.304. The molecular formula is C46H46O8. The van der Waals surface area contributed by atoms with Crippen molar-refractivity contribution in [2.24, 2.45) is 0 Å². The summed E-state index contributed by atoms with van der Waals surface area (Å²) < 4.78 is 48.9. The van der Waals surface area contributed by atoms with E-state index in [9.17, 15) is 0 Å². The Hall–Kier alpha value is -5.76. The van der Waals surface area contributed by atoms with Gasteiger partial charge in [-0.2, -0.15) is 0 Å². The van der Waals surface area contributed by atoms with Crippen molar-refractivity contribution in [2.75, 3.05) is 56.9 Å². The predicted molar refractivity (Wildman–Crippen MR) is 213 cm³/mol. The molecule has 8 nitrogen and oxygen atoms in total. The number of hydrogen-bond donors (Lipinski definition) is 0. The van der Waals surface area contributed by atoms with E-state index in [0.717, 1.165) is 104 Å². The number of rotatable bonds is 11. The van der Waals surface area contributed by atoms with Crippen LogP contribution in [0.4, 0.5) is 0 Å². The van der Waals surface area contributed by atoms with Gasteiger partial charge in [-0.05, 0) is 107 Å². The average Bonchev–Trinajstić information content (AvgIpc) is 3.23. The maximum atomic E-state index is 6.48. The third-order valence-electron chi connectivity index (χ3n) is 11.6. The second-order valence-electron chi connectivity index (χ2n) is 13.8. The van der Waals surface area contributed by atoms with Crippen molar-refractivity contribution in [3.8, 4) is 57.1 Å². The molecule has 2 unspecified atom stereocenters. The summed E-state index contributed by atoms with van der Waals surface area (Å²) in [6.45, 7) is 0. The maximum Gasteiger partial charge on any atom is 0.169 e. The zero-order chi connectivity index (χ0) is 37.7. The van der Waals surface area contributed by atoms with Gasteiger partial charge in [-0.25, -0.2) is 0 Å². The summed E-state index contributed by atoms with van der Waals surface area (Å²) >= 11 is 0. The number of benzene rings is 6. The van der Waals surface area contributed by atoms with Crippen molar-refractivity contribution in [1.82, 2.24) is 0 Å². The van der Waals surface area contributed by atoms with Gasteiger partial charge in [-0.3, -0.25) is 0 Å². The molecule has 0 aliphatic heterocycles. The van der Waals surface area contributed by atoms with Gasteiger partial charge in [-0.1, -0.05) is 24.3 Å². The van der Waals surface area contributed by atoms with Gasteiger partial charge in [0.15, 0.2) is 23.0 Å². The average molecular weight is 727 g/mol. The molecule has 0 spiro atoms. The van der Waals surface area contributed by atoms with Crippen molar-refractivity contribution >= 4 is 21.5 Å². The molecule has 0 fully saturated rings. The van der Waals surface area contributed by atoms with Gasteiger partial charge in [0, 0.05) is 45.2 Å². The Labute approximate surface area is 316 Å². The summed E-state index contributed by atoms with van der Waals surface area (Å²) in [4.78, 5) is 0. The van der Waals surface area contributed by atoms with Gasteiger partial charge in [0.2, 0.25) is 0 Å². The fourth-order valence-electron chi connectivity index (χ4n) is 9.27. The molecule has 8 rings (SSSR count). The highest BCUT2D eigenvalue weighted by atomic mass is 16.5. The predicted octanol–water partition coefficient (Wildman–Crippen LogP) is 9.88. The van der Waals surface area contributed by atoms with Crippen LogP contribution >= 0.6 is 0 Å². The first-order valence-electron chi connectivity index (χ1n) is 18.3. The lowest BCUT2D eigenvalue weighted by atomic mass is 9.73. The molecule has 8 heteroatoms. The van der Waals surface area contributed by atoms with Crippen LogP contribution in [-0.2, 0) is 12.8 Å². The molecule has 278 valence electrons. The molecular weight excluding hydrogens is 680 g/mol. The molecule has 0 saturated carbocycles. The molecule has 54 heavy (non-hydrogen) atoms. The van der Waals surface area contributed by atoms with Crippen molar-refractivity contribution < 1.29 is 37.9 Å². The molecule has 6 aromatic rings. The normalized spacial score (nSPS) is 15.9. The van der Waals surface area contributed by atoms with Crippen molar-refractivity contribution in [2.45, 2.75) is 37.5 Å². The topological polar surface area (TPSA) is 73.8 Å². The molecule has 0 amide bonds. The molecule has 0 saturated heterocycles. The summed E-state index contributed by atoms with van der Waals surface area (Å²) in [5, 5.41) is 4.24. The van der Waals surface area contributed by atoms with E-state index in [1.807, 2.05) is 24.3 Å². The van der Waals surface area contributed by atoms with E-state index in [1.165, 1.54) is 11.1 Å². The van der Waals surface area contributed by atoms with Gasteiger partial charge >= 0.3 is 0 Å². The second kappa shape index (κ2) is 14.2. The first kappa shape index (κ1) is 35.3. The number of ether oxygens (including phenoxy) is 8.